The Bertz CT molecular complexity index is 526. The first-order valence-electron chi connectivity index (χ1n) is 7.36. The van der Waals surface area contributed by atoms with Gasteiger partial charge in [0.25, 0.3) is 0 Å². The maximum Gasteiger partial charge on any atom is 0.143 e. The zero-order valence-electron chi connectivity index (χ0n) is 12.8. The third kappa shape index (κ3) is 4.09. The molecule has 0 aliphatic heterocycles. The number of aromatic nitrogens is 4. The van der Waals surface area contributed by atoms with Gasteiger partial charge in [0.15, 0.2) is 0 Å². The normalized spacial score (nSPS) is 15.6. The van der Waals surface area contributed by atoms with Gasteiger partial charge in [-0.2, -0.15) is 0 Å². The summed E-state index contributed by atoms with van der Waals surface area (Å²) in [4.78, 5) is 0. The molecular weight excluding hydrogens is 266 g/mol. The third-order valence-electron chi connectivity index (χ3n) is 3.94. The summed E-state index contributed by atoms with van der Waals surface area (Å²) in [6, 6.07) is 8.24. The van der Waals surface area contributed by atoms with Crippen molar-refractivity contribution in [2.24, 2.45) is 5.92 Å². The molecule has 0 aliphatic carbocycles. The molecule has 2 rings (SSSR count). The Morgan fingerprint density at radius 2 is 1.95 bits per heavy atom. The average molecular weight is 289 g/mol. The smallest absolute Gasteiger partial charge is 0.143 e. The summed E-state index contributed by atoms with van der Waals surface area (Å²) in [5.74, 6) is 0.312. The van der Waals surface area contributed by atoms with Crippen LogP contribution in [0.15, 0.2) is 30.6 Å². The predicted octanol–water partition coefficient (Wildman–Crippen LogP) is 1.72. The molecule has 0 fully saturated rings. The number of tetrazole rings is 1. The molecule has 1 aromatic carbocycles. The second kappa shape index (κ2) is 7.28. The fourth-order valence-corrected chi connectivity index (χ4v) is 2.08. The van der Waals surface area contributed by atoms with Crippen LogP contribution in [0.4, 0.5) is 0 Å². The van der Waals surface area contributed by atoms with Crippen LogP contribution >= 0.6 is 0 Å². The van der Waals surface area contributed by atoms with Gasteiger partial charge in [-0.05, 0) is 41.0 Å². The summed E-state index contributed by atoms with van der Waals surface area (Å²) >= 11 is 0. The third-order valence-corrected chi connectivity index (χ3v) is 3.94. The van der Waals surface area contributed by atoms with Crippen LogP contribution in [0.3, 0.4) is 0 Å². The molecule has 21 heavy (non-hydrogen) atoms. The molecule has 0 saturated heterocycles. The van der Waals surface area contributed by atoms with E-state index in [2.05, 4.69) is 41.6 Å². The summed E-state index contributed by atoms with van der Waals surface area (Å²) in [6.45, 7) is 6.85. The van der Waals surface area contributed by atoms with E-state index in [9.17, 15) is 5.11 Å². The molecule has 3 unspecified atom stereocenters. The van der Waals surface area contributed by atoms with Crippen molar-refractivity contribution in [2.45, 2.75) is 39.3 Å². The number of hydrogen-bond acceptors (Lipinski definition) is 5. The van der Waals surface area contributed by atoms with Crippen LogP contribution in [0.5, 0.6) is 0 Å². The van der Waals surface area contributed by atoms with Crippen molar-refractivity contribution in [1.29, 1.82) is 0 Å². The highest BCUT2D eigenvalue weighted by atomic mass is 16.3. The standard InChI is InChI=1S/C15H23N5O/c1-4-11(2)15(21)9-16-12(3)13-5-7-14(8-6-13)20-10-17-18-19-20/h5-8,10-12,15-16,21H,4,9H2,1-3H3. The molecule has 0 radical (unpaired) electrons. The fourth-order valence-electron chi connectivity index (χ4n) is 2.08. The first kappa shape index (κ1) is 15.6. The molecule has 114 valence electrons. The quantitative estimate of drug-likeness (QED) is 0.811. The van der Waals surface area contributed by atoms with Gasteiger partial charge in [-0.15, -0.1) is 5.10 Å². The van der Waals surface area contributed by atoms with Crippen LogP contribution in [0.25, 0.3) is 5.69 Å². The molecule has 6 nitrogen and oxygen atoms in total. The summed E-state index contributed by atoms with van der Waals surface area (Å²) in [5.41, 5.74) is 2.10. The molecule has 0 saturated carbocycles. The molecule has 0 aliphatic rings. The molecule has 3 atom stereocenters. The topological polar surface area (TPSA) is 75.9 Å². The molecule has 0 spiro atoms. The van der Waals surface area contributed by atoms with E-state index in [0.29, 0.717) is 12.5 Å². The van der Waals surface area contributed by atoms with E-state index in [1.54, 1.807) is 11.0 Å². The van der Waals surface area contributed by atoms with Crippen molar-refractivity contribution in [3.8, 4) is 5.69 Å². The lowest BCUT2D eigenvalue weighted by Gasteiger charge is -2.21. The summed E-state index contributed by atoms with van der Waals surface area (Å²) in [6.07, 6.45) is 2.25. The second-order valence-corrected chi connectivity index (χ2v) is 5.43. The zero-order valence-corrected chi connectivity index (χ0v) is 12.8. The Kier molecular flexibility index (Phi) is 5.41. The predicted molar refractivity (Wildman–Crippen MR) is 81.0 cm³/mol. The molecular formula is C15H23N5O. The van der Waals surface area contributed by atoms with Gasteiger partial charge in [0, 0.05) is 12.6 Å². The van der Waals surface area contributed by atoms with Gasteiger partial charge >= 0.3 is 0 Å². The van der Waals surface area contributed by atoms with Crippen LogP contribution in [0.2, 0.25) is 0 Å². The molecule has 1 heterocycles. The Morgan fingerprint density at radius 3 is 2.52 bits per heavy atom. The van der Waals surface area contributed by atoms with Crippen LogP contribution < -0.4 is 5.32 Å². The Balaban J connectivity index is 1.92. The lowest BCUT2D eigenvalue weighted by Crippen LogP contribution is -2.33. The number of nitrogens with one attached hydrogen (secondary N) is 1. The Morgan fingerprint density at radius 1 is 1.24 bits per heavy atom. The largest absolute Gasteiger partial charge is 0.392 e. The first-order chi connectivity index (χ1) is 10.1. The lowest BCUT2D eigenvalue weighted by atomic mass is 10.0. The molecule has 0 bridgehead atoms. The summed E-state index contributed by atoms with van der Waals surface area (Å²) < 4.78 is 1.62. The van der Waals surface area contributed by atoms with E-state index in [1.807, 2.05) is 24.3 Å². The lowest BCUT2D eigenvalue weighted by molar-refractivity contribution is 0.110. The highest BCUT2D eigenvalue weighted by molar-refractivity contribution is 5.34. The van der Waals surface area contributed by atoms with E-state index in [4.69, 9.17) is 0 Å². The molecule has 1 aromatic heterocycles. The monoisotopic (exact) mass is 289 g/mol. The van der Waals surface area contributed by atoms with E-state index >= 15 is 0 Å². The van der Waals surface area contributed by atoms with Crippen molar-refractivity contribution >= 4 is 0 Å². The molecule has 2 N–H and O–H groups in total. The number of aliphatic hydroxyl groups is 1. The maximum atomic E-state index is 9.99. The van der Waals surface area contributed by atoms with Crippen molar-refractivity contribution in [3.05, 3.63) is 36.2 Å². The minimum Gasteiger partial charge on any atom is -0.392 e. The minimum absolute atomic E-state index is 0.187. The van der Waals surface area contributed by atoms with Crippen LogP contribution in [0, 0.1) is 5.92 Å². The molecule has 0 amide bonds. The van der Waals surface area contributed by atoms with Gasteiger partial charge in [-0.25, -0.2) is 4.68 Å². The zero-order chi connectivity index (χ0) is 15.2. The van der Waals surface area contributed by atoms with Gasteiger partial charge in [0.1, 0.15) is 6.33 Å². The average Bonchev–Trinajstić information content (AvgIpc) is 3.06. The summed E-state index contributed by atoms with van der Waals surface area (Å²) in [5, 5.41) is 24.5. The Labute approximate surface area is 125 Å². The number of benzene rings is 1. The Hall–Kier alpha value is -1.79. The number of hydrogen-bond donors (Lipinski definition) is 2. The summed E-state index contributed by atoms with van der Waals surface area (Å²) in [7, 11) is 0. The van der Waals surface area contributed by atoms with Crippen molar-refractivity contribution in [3.63, 3.8) is 0 Å². The fraction of sp³-hybridized carbons (Fsp3) is 0.533. The van der Waals surface area contributed by atoms with E-state index in [1.165, 1.54) is 5.56 Å². The van der Waals surface area contributed by atoms with Crippen molar-refractivity contribution < 1.29 is 5.11 Å². The van der Waals surface area contributed by atoms with Crippen LogP contribution in [0.1, 0.15) is 38.8 Å². The van der Waals surface area contributed by atoms with Gasteiger partial charge in [-0.3, -0.25) is 0 Å². The van der Waals surface area contributed by atoms with E-state index in [0.717, 1.165) is 12.1 Å². The van der Waals surface area contributed by atoms with Crippen molar-refractivity contribution in [1.82, 2.24) is 25.5 Å². The van der Waals surface area contributed by atoms with Gasteiger partial charge < -0.3 is 10.4 Å². The highest BCUT2D eigenvalue weighted by Crippen LogP contribution is 2.15. The number of rotatable bonds is 7. The maximum absolute atomic E-state index is 9.99. The number of aliphatic hydroxyl groups excluding tert-OH is 1. The minimum atomic E-state index is -0.307. The highest BCUT2D eigenvalue weighted by Gasteiger charge is 2.13. The van der Waals surface area contributed by atoms with Crippen LogP contribution in [-0.4, -0.2) is 38.0 Å². The van der Waals surface area contributed by atoms with E-state index in [-0.39, 0.29) is 12.1 Å². The second-order valence-electron chi connectivity index (χ2n) is 5.43. The van der Waals surface area contributed by atoms with Gasteiger partial charge in [-0.1, -0.05) is 32.4 Å². The van der Waals surface area contributed by atoms with E-state index < -0.39 is 0 Å². The van der Waals surface area contributed by atoms with Crippen LogP contribution in [-0.2, 0) is 0 Å². The van der Waals surface area contributed by atoms with Gasteiger partial charge in [0.2, 0.25) is 0 Å². The number of nitrogens with zero attached hydrogens (tertiary/aromatic N) is 4. The van der Waals surface area contributed by atoms with Crippen molar-refractivity contribution in [2.75, 3.05) is 6.54 Å². The molecule has 6 heteroatoms. The first-order valence-corrected chi connectivity index (χ1v) is 7.36. The SMILES string of the molecule is CCC(C)C(O)CNC(C)c1ccc(-n2cnnn2)cc1. The van der Waals surface area contributed by atoms with Gasteiger partial charge in [0.05, 0.1) is 11.8 Å². The molecule has 2 aromatic rings.